The second-order valence-electron chi connectivity index (χ2n) is 4.90. The Hall–Kier alpha value is -2.01. The Labute approximate surface area is 135 Å². The summed E-state index contributed by atoms with van der Waals surface area (Å²) < 4.78 is 10.7. The largest absolute Gasteiger partial charge is 0.496 e. The number of rotatable bonds is 7. The van der Waals surface area contributed by atoms with Crippen molar-refractivity contribution in [1.29, 1.82) is 0 Å². The number of ether oxygens (including phenoxy) is 2. The van der Waals surface area contributed by atoms with E-state index in [0.29, 0.717) is 30.2 Å². The number of hydrogen-bond acceptors (Lipinski definition) is 4. The summed E-state index contributed by atoms with van der Waals surface area (Å²) >= 11 is 1.64. The van der Waals surface area contributed by atoms with Gasteiger partial charge in [0.1, 0.15) is 17.1 Å². The SMILES string of the molecule is CCCN(Cc1ccsc1)C(=O)c1c(OC)cccc1OC. The van der Waals surface area contributed by atoms with Crippen LogP contribution in [0.4, 0.5) is 0 Å². The first-order valence-electron chi connectivity index (χ1n) is 7.22. The van der Waals surface area contributed by atoms with Crippen LogP contribution in [0.3, 0.4) is 0 Å². The molecule has 0 radical (unpaired) electrons. The smallest absolute Gasteiger partial charge is 0.261 e. The van der Waals surface area contributed by atoms with Crippen LogP contribution in [0.15, 0.2) is 35.0 Å². The van der Waals surface area contributed by atoms with Crippen LogP contribution in [0.5, 0.6) is 11.5 Å². The molecule has 4 nitrogen and oxygen atoms in total. The first-order valence-corrected chi connectivity index (χ1v) is 8.16. The Morgan fingerprint density at radius 1 is 1.18 bits per heavy atom. The molecule has 0 aliphatic rings. The molecule has 0 aliphatic heterocycles. The van der Waals surface area contributed by atoms with Gasteiger partial charge in [-0.05, 0) is 40.9 Å². The zero-order valence-corrected chi connectivity index (χ0v) is 14.0. The van der Waals surface area contributed by atoms with E-state index in [2.05, 4.69) is 12.3 Å². The lowest BCUT2D eigenvalue weighted by Crippen LogP contribution is -2.31. The highest BCUT2D eigenvalue weighted by Crippen LogP contribution is 2.30. The molecular weight excluding hydrogens is 298 g/mol. The molecule has 1 aromatic heterocycles. The van der Waals surface area contributed by atoms with Crippen molar-refractivity contribution in [2.45, 2.75) is 19.9 Å². The topological polar surface area (TPSA) is 38.8 Å². The number of amides is 1. The van der Waals surface area contributed by atoms with E-state index in [9.17, 15) is 4.79 Å². The number of nitrogens with zero attached hydrogens (tertiary/aromatic N) is 1. The van der Waals surface area contributed by atoms with Gasteiger partial charge in [0.25, 0.3) is 5.91 Å². The van der Waals surface area contributed by atoms with Crippen molar-refractivity contribution in [2.75, 3.05) is 20.8 Å². The molecule has 0 aliphatic carbocycles. The van der Waals surface area contributed by atoms with E-state index in [4.69, 9.17) is 9.47 Å². The maximum atomic E-state index is 13.0. The van der Waals surface area contributed by atoms with E-state index in [-0.39, 0.29) is 5.91 Å². The van der Waals surface area contributed by atoms with Crippen LogP contribution < -0.4 is 9.47 Å². The standard InChI is InChI=1S/C17H21NO3S/c1-4-9-18(11-13-8-10-22-12-13)17(19)16-14(20-2)6-5-7-15(16)21-3/h5-8,10,12H,4,9,11H2,1-3H3. The predicted octanol–water partition coefficient (Wildman–Crippen LogP) is 3.82. The van der Waals surface area contributed by atoms with Gasteiger partial charge in [0.2, 0.25) is 0 Å². The maximum absolute atomic E-state index is 13.0. The van der Waals surface area contributed by atoms with Crippen LogP contribution in [0.25, 0.3) is 0 Å². The van der Waals surface area contributed by atoms with Crippen molar-refractivity contribution >= 4 is 17.2 Å². The molecule has 1 heterocycles. The second-order valence-corrected chi connectivity index (χ2v) is 5.68. The number of hydrogen-bond donors (Lipinski definition) is 0. The van der Waals surface area contributed by atoms with Gasteiger partial charge in [0.15, 0.2) is 0 Å². The van der Waals surface area contributed by atoms with E-state index < -0.39 is 0 Å². The number of carbonyl (C=O) groups is 1. The van der Waals surface area contributed by atoms with Gasteiger partial charge in [-0.3, -0.25) is 4.79 Å². The van der Waals surface area contributed by atoms with Gasteiger partial charge in [0.05, 0.1) is 14.2 Å². The monoisotopic (exact) mass is 319 g/mol. The molecule has 22 heavy (non-hydrogen) atoms. The minimum atomic E-state index is -0.0673. The lowest BCUT2D eigenvalue weighted by Gasteiger charge is -2.23. The van der Waals surface area contributed by atoms with Crippen LogP contribution >= 0.6 is 11.3 Å². The van der Waals surface area contributed by atoms with Crippen LogP contribution in [-0.2, 0) is 6.54 Å². The van der Waals surface area contributed by atoms with Crippen molar-refractivity contribution in [1.82, 2.24) is 4.90 Å². The molecule has 1 amide bonds. The summed E-state index contributed by atoms with van der Waals surface area (Å²) in [7, 11) is 3.13. The molecule has 0 saturated carbocycles. The molecule has 0 fully saturated rings. The molecule has 1 aromatic carbocycles. The average Bonchev–Trinajstić information content (AvgIpc) is 3.06. The average molecular weight is 319 g/mol. The number of methoxy groups -OCH3 is 2. The van der Waals surface area contributed by atoms with Gasteiger partial charge >= 0.3 is 0 Å². The highest BCUT2D eigenvalue weighted by atomic mass is 32.1. The lowest BCUT2D eigenvalue weighted by molar-refractivity contribution is 0.0736. The summed E-state index contributed by atoms with van der Waals surface area (Å²) in [6.07, 6.45) is 0.896. The summed E-state index contributed by atoms with van der Waals surface area (Å²) in [5, 5.41) is 4.09. The third-order valence-corrected chi connectivity index (χ3v) is 4.11. The summed E-state index contributed by atoms with van der Waals surface area (Å²) in [6.45, 7) is 3.35. The summed E-state index contributed by atoms with van der Waals surface area (Å²) in [6, 6.07) is 7.42. The van der Waals surface area contributed by atoms with Crippen LogP contribution in [0.1, 0.15) is 29.3 Å². The van der Waals surface area contributed by atoms with Gasteiger partial charge in [-0.15, -0.1) is 0 Å². The van der Waals surface area contributed by atoms with Gasteiger partial charge in [0, 0.05) is 13.1 Å². The highest BCUT2D eigenvalue weighted by molar-refractivity contribution is 7.07. The van der Waals surface area contributed by atoms with Crippen molar-refractivity contribution < 1.29 is 14.3 Å². The van der Waals surface area contributed by atoms with E-state index in [1.807, 2.05) is 22.4 Å². The second kappa shape index (κ2) is 7.84. The summed E-state index contributed by atoms with van der Waals surface area (Å²) in [5.41, 5.74) is 1.62. The van der Waals surface area contributed by atoms with E-state index >= 15 is 0 Å². The zero-order valence-electron chi connectivity index (χ0n) is 13.2. The normalized spacial score (nSPS) is 10.3. The molecule has 0 saturated heterocycles. The van der Waals surface area contributed by atoms with Crippen LogP contribution in [0, 0.1) is 0 Å². The Kier molecular flexibility index (Phi) is 5.83. The fraction of sp³-hybridized carbons (Fsp3) is 0.353. The zero-order chi connectivity index (χ0) is 15.9. The van der Waals surface area contributed by atoms with Crippen molar-refractivity contribution in [2.24, 2.45) is 0 Å². The fourth-order valence-electron chi connectivity index (χ4n) is 2.35. The minimum Gasteiger partial charge on any atom is -0.496 e. The Morgan fingerprint density at radius 2 is 1.86 bits per heavy atom. The summed E-state index contributed by atoms with van der Waals surface area (Å²) in [4.78, 5) is 14.8. The first kappa shape index (κ1) is 16.4. The van der Waals surface area contributed by atoms with Crippen LogP contribution in [0.2, 0.25) is 0 Å². The first-order chi connectivity index (χ1) is 10.7. The van der Waals surface area contributed by atoms with E-state index in [1.165, 1.54) is 0 Å². The van der Waals surface area contributed by atoms with E-state index in [0.717, 1.165) is 12.0 Å². The third-order valence-electron chi connectivity index (χ3n) is 3.38. The predicted molar refractivity (Wildman–Crippen MR) is 88.9 cm³/mol. The molecule has 0 unspecified atom stereocenters. The minimum absolute atomic E-state index is 0.0673. The molecule has 0 bridgehead atoms. The third kappa shape index (κ3) is 3.60. The van der Waals surface area contributed by atoms with Gasteiger partial charge in [-0.2, -0.15) is 11.3 Å². The summed E-state index contributed by atoms with van der Waals surface area (Å²) in [5.74, 6) is 1.01. The number of carbonyl (C=O) groups excluding carboxylic acids is 1. The van der Waals surface area contributed by atoms with Crippen molar-refractivity contribution in [3.8, 4) is 11.5 Å². The van der Waals surface area contributed by atoms with Crippen molar-refractivity contribution in [3.05, 3.63) is 46.2 Å². The van der Waals surface area contributed by atoms with Gasteiger partial charge in [-0.1, -0.05) is 13.0 Å². The molecule has 5 heteroatoms. The molecular formula is C17H21NO3S. The Bertz CT molecular complexity index is 588. The van der Waals surface area contributed by atoms with Crippen molar-refractivity contribution in [3.63, 3.8) is 0 Å². The van der Waals surface area contributed by atoms with Gasteiger partial charge in [-0.25, -0.2) is 0 Å². The van der Waals surface area contributed by atoms with Gasteiger partial charge < -0.3 is 14.4 Å². The molecule has 118 valence electrons. The number of benzene rings is 1. The Morgan fingerprint density at radius 3 is 2.36 bits per heavy atom. The number of thiophene rings is 1. The highest BCUT2D eigenvalue weighted by Gasteiger charge is 2.23. The molecule has 2 rings (SSSR count). The molecule has 0 N–H and O–H groups in total. The van der Waals surface area contributed by atoms with Crippen LogP contribution in [-0.4, -0.2) is 31.6 Å². The van der Waals surface area contributed by atoms with E-state index in [1.54, 1.807) is 37.7 Å². The molecule has 0 spiro atoms. The molecule has 0 atom stereocenters. The quantitative estimate of drug-likeness (QED) is 0.779. The Balaban J connectivity index is 2.34. The molecule has 2 aromatic rings. The fourth-order valence-corrected chi connectivity index (χ4v) is 3.01. The maximum Gasteiger partial charge on any atom is 0.261 e. The lowest BCUT2D eigenvalue weighted by atomic mass is 10.1.